The van der Waals surface area contributed by atoms with Gasteiger partial charge in [0.2, 0.25) is 0 Å². The first-order chi connectivity index (χ1) is 7.57. The van der Waals surface area contributed by atoms with Crippen LogP contribution >= 0.6 is 0 Å². The summed E-state index contributed by atoms with van der Waals surface area (Å²) in [4.78, 5) is 1.85. The van der Waals surface area contributed by atoms with Gasteiger partial charge in [0.15, 0.2) is 0 Å². The molecule has 3 nitrogen and oxygen atoms in total. The third-order valence-electron chi connectivity index (χ3n) is 2.46. The molecule has 1 aromatic carbocycles. The summed E-state index contributed by atoms with van der Waals surface area (Å²) < 4.78 is 13.6. The lowest BCUT2D eigenvalue weighted by Gasteiger charge is -2.23. The smallest absolute Gasteiger partial charge is 0.130 e. The van der Waals surface area contributed by atoms with Crippen molar-refractivity contribution in [3.05, 3.63) is 29.6 Å². The van der Waals surface area contributed by atoms with E-state index in [4.69, 9.17) is 11.0 Å². The maximum atomic E-state index is 13.6. The normalized spacial score (nSPS) is 11.9. The topological polar surface area (TPSA) is 53.0 Å². The molecule has 86 valence electrons. The van der Waals surface area contributed by atoms with Crippen LogP contribution in [0.15, 0.2) is 18.2 Å². The number of halogens is 1. The van der Waals surface area contributed by atoms with Gasteiger partial charge < -0.3 is 10.6 Å². The van der Waals surface area contributed by atoms with Crippen LogP contribution in [0.3, 0.4) is 0 Å². The Bertz CT molecular complexity index is 396. The summed E-state index contributed by atoms with van der Waals surface area (Å²) in [5.74, 6) is -0.295. The fourth-order valence-electron chi connectivity index (χ4n) is 1.65. The second-order valence-electron chi connectivity index (χ2n) is 3.79. The summed E-state index contributed by atoms with van der Waals surface area (Å²) >= 11 is 0. The Morgan fingerprint density at radius 2 is 2.25 bits per heavy atom. The number of nitrogens with two attached hydrogens (primary N) is 1. The van der Waals surface area contributed by atoms with Gasteiger partial charge in [-0.05, 0) is 19.1 Å². The van der Waals surface area contributed by atoms with Crippen molar-refractivity contribution in [2.24, 2.45) is 5.73 Å². The molecule has 0 saturated carbocycles. The SMILES string of the molecule is C[C@H](N)c1c(F)cccc1N(C)CCC#N. The minimum Gasteiger partial charge on any atom is -0.373 e. The Morgan fingerprint density at radius 3 is 2.81 bits per heavy atom. The Labute approximate surface area is 95.3 Å². The van der Waals surface area contributed by atoms with E-state index in [0.29, 0.717) is 18.5 Å². The van der Waals surface area contributed by atoms with Crippen molar-refractivity contribution in [1.82, 2.24) is 0 Å². The quantitative estimate of drug-likeness (QED) is 0.848. The van der Waals surface area contributed by atoms with Crippen molar-refractivity contribution in [3.63, 3.8) is 0 Å². The summed E-state index contributed by atoms with van der Waals surface area (Å²) in [6.07, 6.45) is 0.408. The zero-order chi connectivity index (χ0) is 12.1. The van der Waals surface area contributed by atoms with Crippen molar-refractivity contribution in [1.29, 1.82) is 5.26 Å². The van der Waals surface area contributed by atoms with E-state index in [1.807, 2.05) is 18.0 Å². The lowest BCUT2D eigenvalue weighted by molar-refractivity contribution is 0.592. The summed E-state index contributed by atoms with van der Waals surface area (Å²) in [6, 6.07) is 6.58. The third-order valence-corrected chi connectivity index (χ3v) is 2.46. The summed E-state index contributed by atoms with van der Waals surface area (Å²) in [6.45, 7) is 2.32. The molecule has 0 radical (unpaired) electrons. The highest BCUT2D eigenvalue weighted by molar-refractivity contribution is 5.55. The molecule has 16 heavy (non-hydrogen) atoms. The van der Waals surface area contributed by atoms with Crippen LogP contribution < -0.4 is 10.6 Å². The Hall–Kier alpha value is -1.60. The number of benzene rings is 1. The predicted molar refractivity (Wildman–Crippen MR) is 62.5 cm³/mol. The minimum absolute atomic E-state index is 0.295. The standard InChI is InChI=1S/C12H16FN3/c1-9(15)12-10(13)5-3-6-11(12)16(2)8-4-7-14/h3,5-6,9H,4,8,15H2,1-2H3/t9-/m0/s1. The fraction of sp³-hybridized carbons (Fsp3) is 0.417. The molecule has 1 rings (SSSR count). The van der Waals surface area contributed by atoms with E-state index in [9.17, 15) is 4.39 Å². The third kappa shape index (κ3) is 2.71. The van der Waals surface area contributed by atoms with Gasteiger partial charge in [-0.2, -0.15) is 5.26 Å². The van der Waals surface area contributed by atoms with Gasteiger partial charge in [0.25, 0.3) is 0 Å². The molecule has 0 bridgehead atoms. The summed E-state index contributed by atoms with van der Waals surface area (Å²) in [5, 5.41) is 8.52. The second-order valence-corrected chi connectivity index (χ2v) is 3.79. The number of nitrogens with zero attached hydrogens (tertiary/aromatic N) is 2. The van der Waals surface area contributed by atoms with Crippen LogP contribution in [0.5, 0.6) is 0 Å². The van der Waals surface area contributed by atoms with Crippen LogP contribution in [0, 0.1) is 17.1 Å². The molecule has 1 aromatic rings. The monoisotopic (exact) mass is 221 g/mol. The van der Waals surface area contributed by atoms with E-state index in [-0.39, 0.29) is 11.9 Å². The van der Waals surface area contributed by atoms with Crippen LogP contribution in [0.1, 0.15) is 24.9 Å². The number of hydrogen-bond donors (Lipinski definition) is 1. The summed E-state index contributed by atoms with van der Waals surface area (Å²) in [5.41, 5.74) is 7.01. The Morgan fingerprint density at radius 1 is 1.56 bits per heavy atom. The van der Waals surface area contributed by atoms with E-state index in [1.165, 1.54) is 6.07 Å². The van der Waals surface area contributed by atoms with E-state index < -0.39 is 0 Å². The highest BCUT2D eigenvalue weighted by Gasteiger charge is 2.14. The van der Waals surface area contributed by atoms with Crippen molar-refractivity contribution in [2.45, 2.75) is 19.4 Å². The van der Waals surface area contributed by atoms with Crippen molar-refractivity contribution < 1.29 is 4.39 Å². The maximum Gasteiger partial charge on any atom is 0.130 e. The number of hydrogen-bond acceptors (Lipinski definition) is 3. The number of rotatable bonds is 4. The first-order valence-electron chi connectivity index (χ1n) is 5.20. The molecule has 0 heterocycles. The molecule has 2 N–H and O–H groups in total. The molecule has 0 spiro atoms. The average molecular weight is 221 g/mol. The van der Waals surface area contributed by atoms with Crippen LogP contribution in [0.25, 0.3) is 0 Å². The van der Waals surface area contributed by atoms with Crippen molar-refractivity contribution in [2.75, 3.05) is 18.5 Å². The van der Waals surface area contributed by atoms with E-state index in [0.717, 1.165) is 5.69 Å². The van der Waals surface area contributed by atoms with Gasteiger partial charge in [-0.15, -0.1) is 0 Å². The highest BCUT2D eigenvalue weighted by atomic mass is 19.1. The molecule has 0 amide bonds. The van der Waals surface area contributed by atoms with Crippen LogP contribution in [0.2, 0.25) is 0 Å². The van der Waals surface area contributed by atoms with E-state index in [1.54, 1.807) is 13.0 Å². The zero-order valence-electron chi connectivity index (χ0n) is 9.57. The van der Waals surface area contributed by atoms with Crippen LogP contribution in [-0.4, -0.2) is 13.6 Å². The Kier molecular flexibility index (Phi) is 4.27. The highest BCUT2D eigenvalue weighted by Crippen LogP contribution is 2.27. The van der Waals surface area contributed by atoms with Crippen molar-refractivity contribution in [3.8, 4) is 6.07 Å². The largest absolute Gasteiger partial charge is 0.373 e. The molecule has 0 saturated heterocycles. The molecule has 4 heteroatoms. The van der Waals surface area contributed by atoms with Crippen molar-refractivity contribution >= 4 is 5.69 Å². The molecule has 0 fully saturated rings. The molecule has 0 aliphatic heterocycles. The van der Waals surface area contributed by atoms with Gasteiger partial charge in [-0.25, -0.2) is 4.39 Å². The molecule has 0 unspecified atom stereocenters. The van der Waals surface area contributed by atoms with Gasteiger partial charge in [-0.3, -0.25) is 0 Å². The van der Waals surface area contributed by atoms with Crippen LogP contribution in [-0.2, 0) is 0 Å². The lowest BCUT2D eigenvalue weighted by Crippen LogP contribution is -2.22. The molecule has 0 aromatic heterocycles. The first kappa shape index (κ1) is 12.5. The Balaban J connectivity index is 3.03. The average Bonchev–Trinajstić information content (AvgIpc) is 2.24. The fourth-order valence-corrected chi connectivity index (χ4v) is 1.65. The molecular weight excluding hydrogens is 205 g/mol. The zero-order valence-corrected chi connectivity index (χ0v) is 9.57. The van der Waals surface area contributed by atoms with E-state index in [2.05, 4.69) is 6.07 Å². The molecular formula is C12H16FN3. The minimum atomic E-state index is -0.360. The molecule has 0 aliphatic carbocycles. The van der Waals surface area contributed by atoms with Gasteiger partial charge >= 0.3 is 0 Å². The van der Waals surface area contributed by atoms with Gasteiger partial charge in [0.1, 0.15) is 5.82 Å². The first-order valence-corrected chi connectivity index (χ1v) is 5.20. The number of nitriles is 1. The van der Waals surface area contributed by atoms with E-state index >= 15 is 0 Å². The number of anilines is 1. The van der Waals surface area contributed by atoms with Gasteiger partial charge in [0.05, 0.1) is 12.5 Å². The maximum absolute atomic E-state index is 13.6. The second kappa shape index (κ2) is 5.47. The van der Waals surface area contributed by atoms with Crippen LogP contribution in [0.4, 0.5) is 10.1 Å². The predicted octanol–water partition coefficient (Wildman–Crippen LogP) is 2.20. The lowest BCUT2D eigenvalue weighted by atomic mass is 10.1. The van der Waals surface area contributed by atoms with Gasteiger partial charge in [0, 0.05) is 30.9 Å². The molecule has 1 atom stereocenters. The van der Waals surface area contributed by atoms with Gasteiger partial charge in [-0.1, -0.05) is 6.07 Å². The molecule has 0 aliphatic rings. The summed E-state index contributed by atoms with van der Waals surface area (Å²) in [7, 11) is 1.83.